The van der Waals surface area contributed by atoms with Crippen LogP contribution in [0.3, 0.4) is 0 Å². The number of rotatable bonds is 3. The first-order valence-corrected chi connectivity index (χ1v) is 8.59. The minimum absolute atomic E-state index is 0.298. The van der Waals surface area contributed by atoms with Crippen molar-refractivity contribution >= 4 is 5.97 Å². The molecular weight excluding hydrogens is 274 g/mol. The number of nitrogens with zero attached hydrogens (tertiary/aromatic N) is 1. The Kier molecular flexibility index (Phi) is 6.01. The number of hydrogen-bond acceptors (Lipinski definition) is 1. The van der Waals surface area contributed by atoms with Gasteiger partial charge in [0.1, 0.15) is 0 Å². The van der Waals surface area contributed by atoms with Gasteiger partial charge in [-0.3, -0.25) is 4.79 Å². The molecule has 0 bridgehead atoms. The van der Waals surface area contributed by atoms with E-state index in [0.29, 0.717) is 5.92 Å². The highest BCUT2D eigenvalue weighted by Gasteiger charge is 2.31. The molecule has 1 N–H and O–H groups in total. The van der Waals surface area contributed by atoms with Crippen LogP contribution in [0.15, 0.2) is 30.3 Å². The third-order valence-electron chi connectivity index (χ3n) is 5.07. The molecule has 0 amide bonds. The Morgan fingerprint density at radius 2 is 1.59 bits per heavy atom. The van der Waals surface area contributed by atoms with E-state index in [-0.39, 0.29) is 5.92 Å². The molecule has 3 rings (SSSR count). The monoisotopic (exact) mass is 304 g/mol. The van der Waals surface area contributed by atoms with Crippen molar-refractivity contribution in [3.05, 3.63) is 35.9 Å². The largest absolute Gasteiger partial charge is 0.481 e. The molecule has 1 aromatic rings. The van der Waals surface area contributed by atoms with Gasteiger partial charge in [-0.1, -0.05) is 43.2 Å². The van der Waals surface area contributed by atoms with Gasteiger partial charge in [0.15, 0.2) is 0 Å². The van der Waals surface area contributed by atoms with E-state index in [1.807, 2.05) is 30.3 Å². The Bertz CT molecular complexity index is 456. The normalized spacial score (nSPS) is 21.9. The van der Waals surface area contributed by atoms with Gasteiger partial charge in [0, 0.05) is 12.8 Å². The Morgan fingerprint density at radius 3 is 2.00 bits per heavy atom. The summed E-state index contributed by atoms with van der Waals surface area (Å²) in [5.74, 6) is -0.633. The topological polar surface area (TPSA) is 37.3 Å². The molecule has 0 spiro atoms. The lowest BCUT2D eigenvalue weighted by atomic mass is 9.85. The molecule has 0 radical (unpaired) electrons. The summed E-state index contributed by atoms with van der Waals surface area (Å²) in [6.07, 6.45) is 7.36. The average molecular weight is 304 g/mol. The molecule has 1 aliphatic heterocycles. The van der Waals surface area contributed by atoms with Crippen LogP contribution in [0.25, 0.3) is 0 Å². The smallest absolute Gasteiger partial charge is 0.311 e. The van der Waals surface area contributed by atoms with Gasteiger partial charge in [0.05, 0.1) is 33.1 Å². The maximum Gasteiger partial charge on any atom is 0.311 e. The zero-order valence-corrected chi connectivity index (χ0v) is 14.0. The molecule has 2 fully saturated rings. The highest BCUT2D eigenvalue weighted by molar-refractivity contribution is 5.76. The first-order chi connectivity index (χ1) is 10.5. The number of benzene rings is 1. The molecule has 3 nitrogen and oxygen atoms in total. The zero-order valence-electron chi connectivity index (χ0n) is 14.0. The number of aliphatic carboxylic acids is 1. The van der Waals surface area contributed by atoms with Gasteiger partial charge in [0.2, 0.25) is 0 Å². The molecule has 1 saturated carbocycles. The minimum Gasteiger partial charge on any atom is -0.481 e. The molecule has 122 valence electrons. The van der Waals surface area contributed by atoms with Crippen molar-refractivity contribution in [3.63, 3.8) is 0 Å². The zero-order chi connectivity index (χ0) is 16.0. The van der Waals surface area contributed by atoms with Gasteiger partial charge in [-0.2, -0.15) is 0 Å². The summed E-state index contributed by atoms with van der Waals surface area (Å²) in [7, 11) is 4.60. The Balaban J connectivity index is 0.000000211. The lowest BCUT2D eigenvalue weighted by molar-refractivity contribution is -0.877. The van der Waals surface area contributed by atoms with Crippen LogP contribution in [-0.2, 0) is 4.79 Å². The fourth-order valence-electron chi connectivity index (χ4n) is 3.76. The van der Waals surface area contributed by atoms with Gasteiger partial charge in [-0.15, -0.1) is 0 Å². The molecule has 1 saturated heterocycles. The van der Waals surface area contributed by atoms with E-state index in [1.54, 1.807) is 0 Å². The van der Waals surface area contributed by atoms with Gasteiger partial charge in [-0.25, -0.2) is 0 Å². The minimum atomic E-state index is -0.673. The summed E-state index contributed by atoms with van der Waals surface area (Å²) in [6.45, 7) is 2.78. The van der Waals surface area contributed by atoms with E-state index >= 15 is 0 Å². The second-order valence-corrected chi connectivity index (χ2v) is 7.36. The quantitative estimate of drug-likeness (QED) is 0.860. The van der Waals surface area contributed by atoms with E-state index in [2.05, 4.69) is 14.1 Å². The van der Waals surface area contributed by atoms with Gasteiger partial charge < -0.3 is 9.59 Å². The third kappa shape index (κ3) is 4.84. The van der Waals surface area contributed by atoms with Crippen molar-refractivity contribution in [2.45, 2.75) is 44.4 Å². The molecule has 3 heteroatoms. The number of carboxylic acid groups (broad SMARTS) is 1. The molecule has 0 aromatic heterocycles. The SMILES string of the molecule is C[N+]1(C)CCCC1.O=C(O)C(c1ccccc1)C1CCCC1. The lowest BCUT2D eigenvalue weighted by Crippen LogP contribution is -2.35. The number of quaternary nitrogens is 1. The molecule has 22 heavy (non-hydrogen) atoms. The van der Waals surface area contributed by atoms with Crippen molar-refractivity contribution in [2.24, 2.45) is 5.92 Å². The number of hydrogen-bond donors (Lipinski definition) is 1. The molecule has 1 atom stereocenters. The fraction of sp³-hybridized carbons (Fsp3) is 0.632. The summed E-state index contributed by atoms with van der Waals surface area (Å²) in [6, 6.07) is 9.62. The van der Waals surface area contributed by atoms with Crippen LogP contribution in [0.2, 0.25) is 0 Å². The van der Waals surface area contributed by atoms with Crippen LogP contribution in [0.4, 0.5) is 0 Å². The van der Waals surface area contributed by atoms with E-state index in [4.69, 9.17) is 0 Å². The summed E-state index contributed by atoms with van der Waals surface area (Å²) in [5.41, 5.74) is 0.955. The van der Waals surface area contributed by atoms with E-state index in [0.717, 1.165) is 18.4 Å². The Hall–Kier alpha value is -1.35. The van der Waals surface area contributed by atoms with Crippen LogP contribution in [-0.4, -0.2) is 42.7 Å². The molecule has 1 unspecified atom stereocenters. The summed E-state index contributed by atoms with van der Waals surface area (Å²) in [4.78, 5) is 11.3. The highest BCUT2D eigenvalue weighted by Crippen LogP contribution is 2.37. The second-order valence-electron chi connectivity index (χ2n) is 7.36. The summed E-state index contributed by atoms with van der Waals surface area (Å²) in [5, 5.41) is 9.29. The van der Waals surface area contributed by atoms with E-state index < -0.39 is 5.97 Å². The van der Waals surface area contributed by atoms with Crippen LogP contribution in [0.5, 0.6) is 0 Å². The van der Waals surface area contributed by atoms with E-state index in [1.165, 1.54) is 43.3 Å². The summed E-state index contributed by atoms with van der Waals surface area (Å²) >= 11 is 0. The van der Waals surface area contributed by atoms with Crippen molar-refractivity contribution < 1.29 is 14.4 Å². The second kappa shape index (κ2) is 7.77. The molecular formula is C19H30NO2+. The maximum absolute atomic E-state index is 11.3. The maximum atomic E-state index is 11.3. The van der Waals surface area contributed by atoms with Crippen molar-refractivity contribution in [2.75, 3.05) is 27.2 Å². The van der Waals surface area contributed by atoms with Gasteiger partial charge in [-0.05, 0) is 24.3 Å². The molecule has 1 aliphatic carbocycles. The van der Waals surface area contributed by atoms with Gasteiger partial charge in [0.25, 0.3) is 0 Å². The number of carboxylic acids is 1. The fourth-order valence-corrected chi connectivity index (χ4v) is 3.76. The Morgan fingerprint density at radius 1 is 1.05 bits per heavy atom. The first kappa shape index (κ1) is 17.0. The van der Waals surface area contributed by atoms with Crippen LogP contribution < -0.4 is 0 Å². The van der Waals surface area contributed by atoms with Crippen LogP contribution in [0.1, 0.15) is 50.0 Å². The first-order valence-electron chi connectivity index (χ1n) is 8.59. The molecule has 1 aromatic carbocycles. The Labute approximate surface area is 134 Å². The highest BCUT2D eigenvalue weighted by atomic mass is 16.4. The van der Waals surface area contributed by atoms with Crippen molar-refractivity contribution in [1.29, 1.82) is 0 Å². The van der Waals surface area contributed by atoms with Crippen LogP contribution in [0, 0.1) is 5.92 Å². The number of carbonyl (C=O) groups is 1. The predicted octanol–water partition coefficient (Wildman–Crippen LogP) is 3.90. The van der Waals surface area contributed by atoms with Gasteiger partial charge >= 0.3 is 5.97 Å². The molecule has 2 aliphatic rings. The standard InChI is InChI=1S/C13H16O2.C6H14N/c14-13(15)12(11-8-4-5-9-11)10-6-2-1-3-7-10;1-7(2)5-3-4-6-7/h1-3,6-7,11-12H,4-5,8-9H2,(H,14,15);3-6H2,1-2H3/q;+1. The van der Waals surface area contributed by atoms with Crippen LogP contribution >= 0.6 is 0 Å². The number of likely N-dealkylation sites (tertiary alicyclic amines) is 1. The predicted molar refractivity (Wildman–Crippen MR) is 89.9 cm³/mol. The van der Waals surface area contributed by atoms with Crippen molar-refractivity contribution in [1.82, 2.24) is 0 Å². The van der Waals surface area contributed by atoms with E-state index in [9.17, 15) is 9.90 Å². The third-order valence-corrected chi connectivity index (χ3v) is 5.07. The summed E-state index contributed by atoms with van der Waals surface area (Å²) < 4.78 is 1.25. The average Bonchev–Trinajstić information content (AvgIpc) is 3.12. The van der Waals surface area contributed by atoms with Crippen molar-refractivity contribution in [3.8, 4) is 0 Å². The lowest BCUT2D eigenvalue weighted by Gasteiger charge is -2.21. The molecule has 1 heterocycles.